The van der Waals surface area contributed by atoms with Crippen LogP contribution in [0, 0.1) is 11.8 Å². The molecule has 0 heterocycles. The van der Waals surface area contributed by atoms with E-state index in [1.807, 2.05) is 0 Å². The van der Waals surface area contributed by atoms with Crippen LogP contribution in [0.1, 0.15) is 85.5 Å². The Bertz CT molecular complexity index is 111. The molecule has 0 spiro atoms. The first-order valence-electron chi connectivity index (χ1n) is 7.28. The maximum atomic E-state index is 2.37. The van der Waals surface area contributed by atoms with Crippen molar-refractivity contribution in [1.29, 1.82) is 0 Å². The summed E-state index contributed by atoms with van der Waals surface area (Å²) < 4.78 is 0. The third-order valence-corrected chi connectivity index (χ3v) is 3.60. The number of hydrogen-bond acceptors (Lipinski definition) is 0. The Kier molecular flexibility index (Phi) is 10.5. The first kappa shape index (κ1) is 15.0. The zero-order valence-corrected chi connectivity index (χ0v) is 11.5. The molecule has 0 heteroatoms. The van der Waals surface area contributed by atoms with Crippen molar-refractivity contribution in [3.8, 4) is 0 Å². The van der Waals surface area contributed by atoms with Crippen LogP contribution in [-0.2, 0) is 0 Å². The molecule has 1 atom stereocenters. The van der Waals surface area contributed by atoms with Crippen molar-refractivity contribution in [2.24, 2.45) is 11.8 Å². The molecule has 0 radical (unpaired) electrons. The van der Waals surface area contributed by atoms with Gasteiger partial charge in [-0.1, -0.05) is 79.1 Å². The van der Waals surface area contributed by atoms with Crippen LogP contribution in [0.15, 0.2) is 0 Å². The molecule has 0 saturated heterocycles. The second-order valence-corrected chi connectivity index (χ2v) is 5.10. The van der Waals surface area contributed by atoms with E-state index in [9.17, 15) is 0 Å². The van der Waals surface area contributed by atoms with Gasteiger partial charge in [0.1, 0.15) is 0 Å². The molecule has 0 aromatic heterocycles. The van der Waals surface area contributed by atoms with Crippen molar-refractivity contribution < 1.29 is 0 Å². The van der Waals surface area contributed by atoms with Crippen LogP contribution in [0.2, 0.25) is 0 Å². The Morgan fingerprint density at radius 3 is 1.67 bits per heavy atom. The van der Waals surface area contributed by atoms with Crippen LogP contribution in [0.5, 0.6) is 0 Å². The van der Waals surface area contributed by atoms with Crippen LogP contribution in [0.3, 0.4) is 0 Å². The van der Waals surface area contributed by atoms with E-state index in [0.29, 0.717) is 0 Å². The van der Waals surface area contributed by atoms with Crippen LogP contribution in [-0.4, -0.2) is 0 Å². The van der Waals surface area contributed by atoms with Gasteiger partial charge < -0.3 is 0 Å². The molecule has 15 heavy (non-hydrogen) atoms. The SMILES string of the molecule is CCCCC(CC)CC(CCC)CCC. The van der Waals surface area contributed by atoms with Crippen molar-refractivity contribution in [2.45, 2.75) is 85.5 Å². The van der Waals surface area contributed by atoms with Gasteiger partial charge in [-0.15, -0.1) is 0 Å². The van der Waals surface area contributed by atoms with E-state index < -0.39 is 0 Å². The van der Waals surface area contributed by atoms with Gasteiger partial charge in [0.05, 0.1) is 0 Å². The van der Waals surface area contributed by atoms with E-state index in [4.69, 9.17) is 0 Å². The Hall–Kier alpha value is 0. The number of rotatable bonds is 10. The summed E-state index contributed by atoms with van der Waals surface area (Å²) in [6.07, 6.45) is 12.8. The van der Waals surface area contributed by atoms with Gasteiger partial charge >= 0.3 is 0 Å². The highest BCUT2D eigenvalue weighted by molar-refractivity contribution is 4.65. The Morgan fingerprint density at radius 2 is 1.27 bits per heavy atom. The standard InChI is InChI=1S/C15H32/c1-5-9-12-14(8-4)13-15(10-6-2)11-7-3/h14-15H,5-13H2,1-4H3. The third-order valence-electron chi connectivity index (χ3n) is 3.60. The average Bonchev–Trinajstić information content (AvgIpc) is 2.24. The Morgan fingerprint density at radius 1 is 0.667 bits per heavy atom. The van der Waals surface area contributed by atoms with E-state index in [1.165, 1.54) is 57.8 Å². The van der Waals surface area contributed by atoms with Crippen molar-refractivity contribution in [1.82, 2.24) is 0 Å². The summed E-state index contributed by atoms with van der Waals surface area (Å²) in [5.41, 5.74) is 0. The summed E-state index contributed by atoms with van der Waals surface area (Å²) in [5, 5.41) is 0. The highest BCUT2D eigenvalue weighted by atomic mass is 14.2. The second-order valence-electron chi connectivity index (χ2n) is 5.10. The lowest BCUT2D eigenvalue weighted by Gasteiger charge is -2.22. The maximum absolute atomic E-state index is 2.37. The van der Waals surface area contributed by atoms with Crippen molar-refractivity contribution >= 4 is 0 Å². The third kappa shape index (κ3) is 7.88. The van der Waals surface area contributed by atoms with E-state index >= 15 is 0 Å². The molecule has 0 aromatic carbocycles. The van der Waals surface area contributed by atoms with Gasteiger partial charge in [0.15, 0.2) is 0 Å². The molecule has 92 valence electrons. The van der Waals surface area contributed by atoms with Gasteiger partial charge in [0.25, 0.3) is 0 Å². The molecule has 1 unspecified atom stereocenters. The molecule has 0 amide bonds. The molecule has 0 saturated carbocycles. The molecular weight excluding hydrogens is 180 g/mol. The monoisotopic (exact) mass is 212 g/mol. The molecule has 0 aliphatic heterocycles. The van der Waals surface area contributed by atoms with Crippen molar-refractivity contribution in [3.05, 3.63) is 0 Å². The molecule has 0 aliphatic carbocycles. The lowest BCUT2D eigenvalue weighted by atomic mass is 9.84. The molecule has 0 rings (SSSR count). The minimum atomic E-state index is 1.01. The summed E-state index contributed by atoms with van der Waals surface area (Å²) in [6, 6.07) is 0. The smallest absolute Gasteiger partial charge is 0.0412 e. The van der Waals surface area contributed by atoms with Crippen LogP contribution in [0.25, 0.3) is 0 Å². The van der Waals surface area contributed by atoms with Gasteiger partial charge in [0.2, 0.25) is 0 Å². The normalized spacial score (nSPS) is 13.4. The second kappa shape index (κ2) is 10.5. The molecule has 0 aliphatic rings. The average molecular weight is 212 g/mol. The molecule has 0 nitrogen and oxygen atoms in total. The summed E-state index contributed by atoms with van der Waals surface area (Å²) in [7, 11) is 0. The zero-order valence-electron chi connectivity index (χ0n) is 11.5. The fourth-order valence-corrected chi connectivity index (χ4v) is 2.65. The Labute approximate surface area is 97.8 Å². The topological polar surface area (TPSA) is 0 Å². The zero-order chi connectivity index (χ0) is 11.5. The minimum absolute atomic E-state index is 1.01. The van der Waals surface area contributed by atoms with Gasteiger partial charge in [-0.05, 0) is 18.3 Å². The van der Waals surface area contributed by atoms with Gasteiger partial charge in [-0.2, -0.15) is 0 Å². The van der Waals surface area contributed by atoms with Crippen LogP contribution in [0.4, 0.5) is 0 Å². The van der Waals surface area contributed by atoms with E-state index in [1.54, 1.807) is 0 Å². The predicted octanol–water partition coefficient (Wildman–Crippen LogP) is 5.81. The molecule has 0 N–H and O–H groups in total. The summed E-state index contributed by atoms with van der Waals surface area (Å²) in [6.45, 7) is 9.34. The fourth-order valence-electron chi connectivity index (χ4n) is 2.65. The summed E-state index contributed by atoms with van der Waals surface area (Å²) in [5.74, 6) is 2.02. The van der Waals surface area contributed by atoms with Gasteiger partial charge in [-0.3, -0.25) is 0 Å². The van der Waals surface area contributed by atoms with E-state index in [0.717, 1.165) is 11.8 Å². The maximum Gasteiger partial charge on any atom is -0.0412 e. The lowest BCUT2D eigenvalue weighted by Crippen LogP contribution is -2.08. The Balaban J connectivity index is 3.85. The summed E-state index contributed by atoms with van der Waals surface area (Å²) in [4.78, 5) is 0. The quantitative estimate of drug-likeness (QED) is 0.429. The lowest BCUT2D eigenvalue weighted by molar-refractivity contribution is 0.306. The van der Waals surface area contributed by atoms with E-state index in [2.05, 4.69) is 27.7 Å². The van der Waals surface area contributed by atoms with Gasteiger partial charge in [-0.25, -0.2) is 0 Å². The highest BCUT2D eigenvalue weighted by Crippen LogP contribution is 2.27. The fraction of sp³-hybridized carbons (Fsp3) is 1.00. The first-order valence-corrected chi connectivity index (χ1v) is 7.28. The molecule has 0 bridgehead atoms. The predicted molar refractivity (Wildman–Crippen MR) is 71.2 cm³/mol. The first-order chi connectivity index (χ1) is 7.28. The number of unbranched alkanes of at least 4 members (excludes halogenated alkanes) is 1. The highest BCUT2D eigenvalue weighted by Gasteiger charge is 2.13. The van der Waals surface area contributed by atoms with Crippen molar-refractivity contribution in [2.75, 3.05) is 0 Å². The van der Waals surface area contributed by atoms with Crippen LogP contribution < -0.4 is 0 Å². The number of hydrogen-bond donors (Lipinski definition) is 0. The van der Waals surface area contributed by atoms with E-state index in [-0.39, 0.29) is 0 Å². The minimum Gasteiger partial charge on any atom is -0.0654 e. The van der Waals surface area contributed by atoms with Crippen LogP contribution >= 0.6 is 0 Å². The molecular formula is C15H32. The van der Waals surface area contributed by atoms with Crippen molar-refractivity contribution in [3.63, 3.8) is 0 Å². The molecule has 0 fully saturated rings. The summed E-state index contributed by atoms with van der Waals surface area (Å²) >= 11 is 0. The van der Waals surface area contributed by atoms with Gasteiger partial charge in [0, 0.05) is 0 Å². The molecule has 0 aromatic rings. The largest absolute Gasteiger partial charge is 0.0654 e.